The molecule has 0 N–H and O–H groups in total. The van der Waals surface area contributed by atoms with E-state index in [4.69, 9.17) is 4.74 Å². The van der Waals surface area contributed by atoms with E-state index in [2.05, 4.69) is 11.9 Å². The van der Waals surface area contributed by atoms with Crippen molar-refractivity contribution >= 4 is 0 Å². The molecule has 0 spiro atoms. The minimum atomic E-state index is -0.426. The maximum Gasteiger partial charge on any atom is 0.123 e. The summed E-state index contributed by atoms with van der Waals surface area (Å²) >= 11 is 0. The molecule has 2 nitrogen and oxygen atoms in total. The van der Waals surface area contributed by atoms with Crippen LogP contribution in [0.3, 0.4) is 0 Å². The number of halogens is 3. The second-order valence-corrected chi connectivity index (χ2v) is 9.34. The van der Waals surface area contributed by atoms with E-state index in [1.54, 1.807) is 24.3 Å². The van der Waals surface area contributed by atoms with Crippen molar-refractivity contribution in [2.24, 2.45) is 5.92 Å². The highest BCUT2D eigenvalue weighted by Crippen LogP contribution is 2.47. The predicted octanol–water partition coefficient (Wildman–Crippen LogP) is 6.48. The van der Waals surface area contributed by atoms with E-state index in [9.17, 15) is 13.2 Å². The van der Waals surface area contributed by atoms with Gasteiger partial charge in [0.25, 0.3) is 0 Å². The van der Waals surface area contributed by atoms with Gasteiger partial charge in [0.2, 0.25) is 0 Å². The molecule has 5 rings (SSSR count). The SMILES string of the molecule is CN1C2CCC1[C@@H](COC(c1ccc(F)cc1)c1ccc(F)cc1)C(c1ccc(F)cc1)C2. The molecule has 4 atom stereocenters. The molecular weight excluding hydrogens is 423 g/mol. The lowest BCUT2D eigenvalue weighted by Crippen LogP contribution is -2.47. The Kier molecular flexibility index (Phi) is 6.26. The van der Waals surface area contributed by atoms with Crippen LogP contribution in [0.4, 0.5) is 13.2 Å². The Bertz CT molecular complexity index is 1020. The molecule has 2 heterocycles. The van der Waals surface area contributed by atoms with Crippen LogP contribution in [0.1, 0.15) is 48.0 Å². The van der Waals surface area contributed by atoms with Gasteiger partial charge in [0.05, 0.1) is 6.61 Å². The zero-order chi connectivity index (χ0) is 22.9. The molecule has 2 aliphatic heterocycles. The van der Waals surface area contributed by atoms with E-state index < -0.39 is 6.10 Å². The Morgan fingerprint density at radius 2 is 1.30 bits per heavy atom. The van der Waals surface area contributed by atoms with Crippen molar-refractivity contribution in [1.82, 2.24) is 4.90 Å². The fraction of sp³-hybridized carbons (Fsp3) is 0.357. The van der Waals surface area contributed by atoms with Gasteiger partial charge in [-0.2, -0.15) is 0 Å². The first-order chi connectivity index (χ1) is 16.0. The van der Waals surface area contributed by atoms with Crippen LogP contribution >= 0.6 is 0 Å². The van der Waals surface area contributed by atoms with Gasteiger partial charge in [-0.15, -0.1) is 0 Å². The van der Waals surface area contributed by atoms with E-state index in [-0.39, 0.29) is 29.3 Å². The van der Waals surface area contributed by atoms with Crippen LogP contribution in [0.25, 0.3) is 0 Å². The summed E-state index contributed by atoms with van der Waals surface area (Å²) in [6.07, 6.45) is 2.87. The van der Waals surface area contributed by atoms with E-state index in [0.29, 0.717) is 18.7 Å². The summed E-state index contributed by atoms with van der Waals surface area (Å²) in [5.41, 5.74) is 2.81. The van der Waals surface area contributed by atoms with Crippen LogP contribution in [0.15, 0.2) is 72.8 Å². The number of nitrogens with zero attached hydrogens (tertiary/aromatic N) is 1. The highest BCUT2D eigenvalue weighted by atomic mass is 19.1. The summed E-state index contributed by atoms with van der Waals surface area (Å²) in [5, 5.41) is 0. The molecule has 5 heteroatoms. The van der Waals surface area contributed by atoms with Gasteiger partial charge < -0.3 is 9.64 Å². The van der Waals surface area contributed by atoms with Crippen LogP contribution in [-0.4, -0.2) is 30.6 Å². The second-order valence-electron chi connectivity index (χ2n) is 9.34. The summed E-state index contributed by atoms with van der Waals surface area (Å²) < 4.78 is 47.3. The lowest BCUT2D eigenvalue weighted by atomic mass is 9.76. The average Bonchev–Trinajstić information content (AvgIpc) is 3.06. The Labute approximate surface area is 193 Å². The molecule has 0 aromatic heterocycles. The lowest BCUT2D eigenvalue weighted by molar-refractivity contribution is -0.00339. The van der Waals surface area contributed by atoms with Crippen molar-refractivity contribution in [3.8, 4) is 0 Å². The normalized spacial score (nSPS) is 25.0. The van der Waals surface area contributed by atoms with E-state index in [0.717, 1.165) is 36.0 Å². The Morgan fingerprint density at radius 3 is 1.85 bits per heavy atom. The molecule has 2 saturated heterocycles. The molecule has 2 aliphatic rings. The topological polar surface area (TPSA) is 12.5 Å². The summed E-state index contributed by atoms with van der Waals surface area (Å²) in [6, 6.07) is 20.4. The quantitative estimate of drug-likeness (QED) is 0.426. The van der Waals surface area contributed by atoms with Crippen molar-refractivity contribution in [3.63, 3.8) is 0 Å². The largest absolute Gasteiger partial charge is 0.368 e. The van der Waals surface area contributed by atoms with Crippen LogP contribution in [-0.2, 0) is 4.74 Å². The maximum absolute atomic E-state index is 13.6. The molecule has 3 aromatic carbocycles. The fourth-order valence-electron chi connectivity index (χ4n) is 5.77. The van der Waals surface area contributed by atoms with Crippen LogP contribution in [0.5, 0.6) is 0 Å². The van der Waals surface area contributed by atoms with Gasteiger partial charge in [-0.25, -0.2) is 13.2 Å². The maximum atomic E-state index is 13.6. The Balaban J connectivity index is 1.44. The second kappa shape index (κ2) is 9.32. The Hall–Kier alpha value is -2.63. The minimum absolute atomic E-state index is 0.227. The first kappa shape index (κ1) is 22.2. The van der Waals surface area contributed by atoms with Crippen molar-refractivity contribution in [2.75, 3.05) is 13.7 Å². The number of piperidine rings is 1. The van der Waals surface area contributed by atoms with Crippen LogP contribution < -0.4 is 0 Å². The summed E-state index contributed by atoms with van der Waals surface area (Å²) in [5.74, 6) is -0.322. The minimum Gasteiger partial charge on any atom is -0.368 e. The molecule has 3 unspecified atom stereocenters. The summed E-state index contributed by atoms with van der Waals surface area (Å²) in [7, 11) is 2.19. The van der Waals surface area contributed by atoms with Gasteiger partial charge in [-0.05, 0) is 85.3 Å². The van der Waals surface area contributed by atoms with Crippen LogP contribution in [0, 0.1) is 23.4 Å². The molecule has 0 amide bonds. The first-order valence-electron chi connectivity index (χ1n) is 11.6. The van der Waals surface area contributed by atoms with Gasteiger partial charge in [0.1, 0.15) is 23.6 Å². The number of ether oxygens (including phenoxy) is 1. The third-order valence-electron chi connectivity index (χ3n) is 7.53. The van der Waals surface area contributed by atoms with Crippen molar-refractivity contribution in [1.29, 1.82) is 0 Å². The standard InChI is InChI=1S/C28H28F3NO/c1-32-24-14-15-27(32)26(25(16-24)18-2-8-21(29)9-3-18)17-33-28(19-4-10-22(30)11-5-19)20-6-12-23(31)13-7-20/h2-13,24-28H,14-17H2,1H3/t24?,25?,26-,27?/m0/s1. The molecule has 2 fully saturated rings. The van der Waals surface area contributed by atoms with Gasteiger partial charge >= 0.3 is 0 Å². The predicted molar refractivity (Wildman–Crippen MR) is 122 cm³/mol. The highest BCUT2D eigenvalue weighted by Gasteiger charge is 2.46. The van der Waals surface area contributed by atoms with E-state index in [1.165, 1.54) is 36.4 Å². The molecule has 0 radical (unpaired) electrons. The molecular formula is C28H28F3NO. The summed E-state index contributed by atoms with van der Waals surface area (Å²) in [4.78, 5) is 2.47. The van der Waals surface area contributed by atoms with Crippen LogP contribution in [0.2, 0.25) is 0 Å². The molecule has 0 aliphatic carbocycles. The number of benzene rings is 3. The van der Waals surface area contributed by atoms with Gasteiger partial charge in [-0.1, -0.05) is 36.4 Å². The zero-order valence-electron chi connectivity index (χ0n) is 18.6. The lowest BCUT2D eigenvalue weighted by Gasteiger charge is -2.43. The number of rotatable bonds is 6. The number of hydrogen-bond acceptors (Lipinski definition) is 2. The third-order valence-corrected chi connectivity index (χ3v) is 7.53. The smallest absolute Gasteiger partial charge is 0.123 e. The Morgan fingerprint density at radius 1 is 0.788 bits per heavy atom. The molecule has 172 valence electrons. The van der Waals surface area contributed by atoms with E-state index in [1.807, 2.05) is 12.1 Å². The van der Waals surface area contributed by atoms with Gasteiger partial charge in [0.15, 0.2) is 0 Å². The molecule has 3 aromatic rings. The summed E-state index contributed by atoms with van der Waals surface area (Å²) in [6.45, 7) is 0.503. The van der Waals surface area contributed by atoms with Gasteiger partial charge in [-0.3, -0.25) is 0 Å². The highest BCUT2D eigenvalue weighted by molar-refractivity contribution is 5.31. The average molecular weight is 452 g/mol. The molecule has 33 heavy (non-hydrogen) atoms. The third kappa shape index (κ3) is 4.57. The van der Waals surface area contributed by atoms with Crippen molar-refractivity contribution in [3.05, 3.63) is 107 Å². The van der Waals surface area contributed by atoms with Crippen molar-refractivity contribution < 1.29 is 17.9 Å². The number of fused-ring (bicyclic) bond motifs is 2. The fourth-order valence-corrected chi connectivity index (χ4v) is 5.77. The molecule has 2 bridgehead atoms. The number of hydrogen-bond donors (Lipinski definition) is 0. The molecule has 0 saturated carbocycles. The van der Waals surface area contributed by atoms with E-state index >= 15 is 0 Å². The zero-order valence-corrected chi connectivity index (χ0v) is 18.6. The monoisotopic (exact) mass is 451 g/mol. The van der Waals surface area contributed by atoms with Gasteiger partial charge in [0, 0.05) is 18.0 Å². The first-order valence-corrected chi connectivity index (χ1v) is 11.6. The van der Waals surface area contributed by atoms with Crippen molar-refractivity contribution in [2.45, 2.75) is 43.4 Å².